The van der Waals surface area contributed by atoms with E-state index < -0.39 is 0 Å². The summed E-state index contributed by atoms with van der Waals surface area (Å²) in [6.07, 6.45) is 7.57. The monoisotopic (exact) mass is 282 g/mol. The van der Waals surface area contributed by atoms with Crippen molar-refractivity contribution in [1.29, 1.82) is 0 Å². The van der Waals surface area contributed by atoms with Crippen LogP contribution in [0.2, 0.25) is 0 Å². The van der Waals surface area contributed by atoms with Gasteiger partial charge in [-0.1, -0.05) is 27.2 Å². The molecule has 1 N–H and O–H groups in total. The predicted octanol–water partition coefficient (Wildman–Crippen LogP) is 2.06. The number of esters is 1. The average molecular weight is 282 g/mol. The van der Waals surface area contributed by atoms with Crippen molar-refractivity contribution in [2.45, 2.75) is 65.4 Å². The Bertz CT molecular complexity index is 310. The van der Waals surface area contributed by atoms with E-state index in [1.54, 1.807) is 0 Å². The van der Waals surface area contributed by atoms with Gasteiger partial charge in [0.05, 0.1) is 13.1 Å². The van der Waals surface area contributed by atoms with Crippen molar-refractivity contribution in [3.05, 3.63) is 0 Å². The summed E-state index contributed by atoms with van der Waals surface area (Å²) >= 11 is 0. The smallest absolute Gasteiger partial charge is 0.361 e. The maximum Gasteiger partial charge on any atom is 0.361 e. The number of ether oxygens (including phenoxy) is 1. The summed E-state index contributed by atoms with van der Waals surface area (Å²) in [5.74, 6) is 1.91. The van der Waals surface area contributed by atoms with Crippen LogP contribution in [0.1, 0.15) is 59.3 Å². The van der Waals surface area contributed by atoms with E-state index >= 15 is 0 Å². The Morgan fingerprint density at radius 3 is 2.55 bits per heavy atom. The fourth-order valence-electron chi connectivity index (χ4n) is 3.89. The van der Waals surface area contributed by atoms with Gasteiger partial charge in [0.15, 0.2) is 6.54 Å². The number of carbonyl (C=O) groups excluding carboxylic acids is 1. The standard InChI is InChI=1S/C17H31NO2/c1-13(2)15-8-7-14(3)11-16(15)20-17(19)12-18-9-5-4-6-10-18/h13-16H,4-12H2,1-3H3/p+1/t14-,15+,16+/m0/s1. The highest BCUT2D eigenvalue weighted by molar-refractivity contribution is 5.70. The third kappa shape index (κ3) is 4.47. The van der Waals surface area contributed by atoms with Gasteiger partial charge in [-0.3, -0.25) is 0 Å². The molecule has 0 aromatic carbocycles. The Balaban J connectivity index is 1.83. The van der Waals surface area contributed by atoms with E-state index in [2.05, 4.69) is 20.8 Å². The Labute approximate surface area is 124 Å². The molecule has 1 aliphatic heterocycles. The van der Waals surface area contributed by atoms with Gasteiger partial charge in [0.25, 0.3) is 0 Å². The summed E-state index contributed by atoms with van der Waals surface area (Å²) in [5, 5.41) is 0. The number of hydrogen-bond acceptors (Lipinski definition) is 2. The van der Waals surface area contributed by atoms with Crippen LogP contribution in [-0.4, -0.2) is 31.7 Å². The van der Waals surface area contributed by atoms with Crippen LogP contribution in [0.4, 0.5) is 0 Å². The predicted molar refractivity (Wildman–Crippen MR) is 80.6 cm³/mol. The van der Waals surface area contributed by atoms with Crippen LogP contribution < -0.4 is 4.90 Å². The quantitative estimate of drug-likeness (QED) is 0.800. The van der Waals surface area contributed by atoms with Crippen molar-refractivity contribution < 1.29 is 14.4 Å². The molecule has 3 atom stereocenters. The largest absolute Gasteiger partial charge is 0.458 e. The average Bonchev–Trinajstić information content (AvgIpc) is 2.39. The highest BCUT2D eigenvalue weighted by Gasteiger charge is 2.34. The molecule has 2 aliphatic rings. The lowest BCUT2D eigenvalue weighted by Crippen LogP contribution is -3.13. The Kier molecular flexibility index (Phi) is 5.88. The summed E-state index contributed by atoms with van der Waals surface area (Å²) < 4.78 is 5.88. The molecule has 1 saturated heterocycles. The van der Waals surface area contributed by atoms with Gasteiger partial charge in [0.1, 0.15) is 6.10 Å². The molecule has 0 amide bonds. The van der Waals surface area contributed by atoms with Crippen LogP contribution >= 0.6 is 0 Å². The lowest BCUT2D eigenvalue weighted by Gasteiger charge is -2.36. The maximum atomic E-state index is 12.2. The van der Waals surface area contributed by atoms with Crippen molar-refractivity contribution in [1.82, 2.24) is 0 Å². The minimum atomic E-state index is 0.0339. The first-order chi connectivity index (χ1) is 9.56. The first-order valence-corrected chi connectivity index (χ1v) is 8.59. The number of likely N-dealkylation sites (tertiary alicyclic amines) is 1. The van der Waals surface area contributed by atoms with Crippen LogP contribution in [-0.2, 0) is 9.53 Å². The van der Waals surface area contributed by atoms with Gasteiger partial charge < -0.3 is 9.64 Å². The molecular weight excluding hydrogens is 250 g/mol. The summed E-state index contributed by atoms with van der Waals surface area (Å²) in [6, 6.07) is 0. The normalized spacial score (nSPS) is 32.3. The lowest BCUT2D eigenvalue weighted by molar-refractivity contribution is -0.897. The number of rotatable bonds is 4. The molecule has 2 fully saturated rings. The SMILES string of the molecule is CC(C)[C@H]1CC[C@H](C)C[C@H]1OC(=O)C[NH+]1CCCCC1. The molecule has 116 valence electrons. The van der Waals surface area contributed by atoms with Gasteiger partial charge in [-0.25, -0.2) is 4.79 Å². The lowest BCUT2D eigenvalue weighted by atomic mass is 9.75. The molecule has 20 heavy (non-hydrogen) atoms. The summed E-state index contributed by atoms with van der Waals surface area (Å²) in [4.78, 5) is 13.6. The minimum Gasteiger partial charge on any atom is -0.458 e. The molecule has 3 nitrogen and oxygen atoms in total. The van der Waals surface area contributed by atoms with Crippen molar-refractivity contribution in [3.63, 3.8) is 0 Å². The third-order valence-electron chi connectivity index (χ3n) is 5.20. The van der Waals surface area contributed by atoms with Crippen LogP contribution in [0.25, 0.3) is 0 Å². The van der Waals surface area contributed by atoms with E-state index in [4.69, 9.17) is 4.74 Å². The molecule has 2 rings (SSSR count). The first kappa shape index (κ1) is 15.8. The second-order valence-corrected chi connectivity index (χ2v) is 7.34. The topological polar surface area (TPSA) is 30.7 Å². The second-order valence-electron chi connectivity index (χ2n) is 7.34. The zero-order chi connectivity index (χ0) is 14.5. The van der Waals surface area contributed by atoms with Gasteiger partial charge in [0, 0.05) is 0 Å². The van der Waals surface area contributed by atoms with Crippen molar-refractivity contribution in [3.8, 4) is 0 Å². The van der Waals surface area contributed by atoms with E-state index in [-0.39, 0.29) is 12.1 Å². The number of hydrogen-bond donors (Lipinski definition) is 1. The number of piperidine rings is 1. The van der Waals surface area contributed by atoms with Gasteiger partial charge in [-0.05, 0) is 49.9 Å². The molecule has 3 heteroatoms. The van der Waals surface area contributed by atoms with E-state index in [9.17, 15) is 4.79 Å². The molecule has 0 bridgehead atoms. The minimum absolute atomic E-state index is 0.0339. The first-order valence-electron chi connectivity index (χ1n) is 8.59. The molecule has 0 unspecified atom stereocenters. The molecule has 0 aromatic rings. The van der Waals surface area contributed by atoms with Crippen LogP contribution in [0, 0.1) is 17.8 Å². The van der Waals surface area contributed by atoms with Crippen molar-refractivity contribution in [2.24, 2.45) is 17.8 Å². The molecule has 0 spiro atoms. The van der Waals surface area contributed by atoms with Crippen LogP contribution in [0.5, 0.6) is 0 Å². The van der Waals surface area contributed by atoms with Crippen LogP contribution in [0.3, 0.4) is 0 Å². The van der Waals surface area contributed by atoms with Gasteiger partial charge >= 0.3 is 5.97 Å². The van der Waals surface area contributed by atoms with E-state index in [1.807, 2.05) is 0 Å². The summed E-state index contributed by atoms with van der Waals surface area (Å²) in [7, 11) is 0. The van der Waals surface area contributed by atoms with Crippen LogP contribution in [0.15, 0.2) is 0 Å². The summed E-state index contributed by atoms with van der Waals surface area (Å²) in [6.45, 7) is 9.67. The van der Waals surface area contributed by atoms with Crippen molar-refractivity contribution >= 4 is 5.97 Å². The summed E-state index contributed by atoms with van der Waals surface area (Å²) in [5.41, 5.74) is 0. The fraction of sp³-hybridized carbons (Fsp3) is 0.941. The van der Waals surface area contributed by atoms with Gasteiger partial charge in [0.2, 0.25) is 0 Å². The molecule has 1 heterocycles. The zero-order valence-corrected chi connectivity index (χ0v) is 13.5. The number of quaternary nitrogens is 1. The van der Waals surface area contributed by atoms with Gasteiger partial charge in [-0.15, -0.1) is 0 Å². The highest BCUT2D eigenvalue weighted by Crippen LogP contribution is 2.35. The zero-order valence-electron chi connectivity index (χ0n) is 13.5. The highest BCUT2D eigenvalue weighted by atomic mass is 16.5. The molecule has 0 aromatic heterocycles. The van der Waals surface area contributed by atoms with E-state index in [0.29, 0.717) is 24.3 Å². The molecular formula is C17H32NO2+. The number of carbonyl (C=O) groups is 1. The van der Waals surface area contributed by atoms with E-state index in [1.165, 1.54) is 37.0 Å². The maximum absolute atomic E-state index is 12.2. The molecule has 0 radical (unpaired) electrons. The number of nitrogens with one attached hydrogen (secondary N) is 1. The van der Waals surface area contributed by atoms with Crippen molar-refractivity contribution in [2.75, 3.05) is 19.6 Å². The fourth-order valence-corrected chi connectivity index (χ4v) is 3.89. The third-order valence-corrected chi connectivity index (χ3v) is 5.20. The Hall–Kier alpha value is -0.570. The van der Waals surface area contributed by atoms with Gasteiger partial charge in [-0.2, -0.15) is 0 Å². The molecule has 1 aliphatic carbocycles. The molecule has 1 saturated carbocycles. The second kappa shape index (κ2) is 7.44. The Morgan fingerprint density at radius 2 is 1.90 bits per heavy atom. The van der Waals surface area contributed by atoms with E-state index in [0.717, 1.165) is 19.5 Å². The Morgan fingerprint density at radius 1 is 1.20 bits per heavy atom.